The highest BCUT2D eigenvalue weighted by Crippen LogP contribution is 2.18. The molecule has 16 heavy (non-hydrogen) atoms. The zero-order chi connectivity index (χ0) is 12.4. The first-order valence-corrected chi connectivity index (χ1v) is 6.13. The van der Waals surface area contributed by atoms with E-state index in [-0.39, 0.29) is 12.3 Å². The van der Waals surface area contributed by atoms with E-state index in [2.05, 4.69) is 13.8 Å². The normalized spacial score (nSPS) is 14.7. The van der Waals surface area contributed by atoms with E-state index in [1.54, 1.807) is 0 Å². The van der Waals surface area contributed by atoms with Gasteiger partial charge in [-0.3, -0.25) is 4.79 Å². The molecule has 96 valence electrons. The van der Waals surface area contributed by atoms with Gasteiger partial charge in [0.1, 0.15) is 0 Å². The molecule has 0 aliphatic rings. The molecule has 2 unspecified atom stereocenters. The van der Waals surface area contributed by atoms with Crippen LogP contribution in [-0.4, -0.2) is 30.8 Å². The Hall–Kier alpha value is -0.610. The van der Waals surface area contributed by atoms with Crippen molar-refractivity contribution in [1.29, 1.82) is 0 Å². The lowest BCUT2D eigenvalue weighted by atomic mass is 9.91. The van der Waals surface area contributed by atoms with Crippen LogP contribution in [0.15, 0.2) is 0 Å². The molecule has 0 spiro atoms. The Balaban J connectivity index is 3.91. The second-order valence-corrected chi connectivity index (χ2v) is 4.28. The molecule has 0 aromatic rings. The van der Waals surface area contributed by atoms with Crippen LogP contribution in [0.2, 0.25) is 0 Å². The van der Waals surface area contributed by atoms with E-state index in [4.69, 9.17) is 15.6 Å². The Kier molecular flexibility index (Phi) is 9.24. The summed E-state index contributed by atoms with van der Waals surface area (Å²) in [5.41, 5.74) is 5.57. The van der Waals surface area contributed by atoms with Gasteiger partial charge >= 0.3 is 5.97 Å². The lowest BCUT2D eigenvalue weighted by Gasteiger charge is -2.20. The van der Waals surface area contributed by atoms with Gasteiger partial charge in [0, 0.05) is 19.6 Å². The number of rotatable bonds is 10. The van der Waals surface area contributed by atoms with E-state index in [0.717, 1.165) is 32.5 Å². The topological polar surface area (TPSA) is 72.5 Å². The average Bonchev–Trinajstić information content (AvgIpc) is 2.26. The number of ether oxygens (including phenoxy) is 1. The van der Waals surface area contributed by atoms with Gasteiger partial charge in [-0.25, -0.2) is 0 Å². The van der Waals surface area contributed by atoms with Crippen LogP contribution < -0.4 is 5.73 Å². The van der Waals surface area contributed by atoms with Gasteiger partial charge in [-0.15, -0.1) is 0 Å². The second-order valence-electron chi connectivity index (χ2n) is 4.28. The first-order chi connectivity index (χ1) is 7.63. The van der Waals surface area contributed by atoms with Crippen molar-refractivity contribution in [2.45, 2.75) is 39.5 Å². The molecule has 0 saturated heterocycles. The first-order valence-electron chi connectivity index (χ1n) is 6.13. The molecule has 0 radical (unpaired) electrons. The van der Waals surface area contributed by atoms with E-state index >= 15 is 0 Å². The minimum absolute atomic E-state index is 0.0766. The number of carboxylic acid groups (broad SMARTS) is 1. The summed E-state index contributed by atoms with van der Waals surface area (Å²) >= 11 is 0. The standard InChI is InChI=1S/C12H25NO3/c1-3-5-16-9-10(4-2)6-11(8-13)7-12(14)15/h10-11H,3-9,13H2,1-2H3,(H,14,15). The largest absolute Gasteiger partial charge is 0.481 e. The molecule has 0 aromatic carbocycles. The van der Waals surface area contributed by atoms with Crippen LogP contribution >= 0.6 is 0 Å². The first kappa shape index (κ1) is 15.4. The maximum absolute atomic E-state index is 10.6. The average molecular weight is 231 g/mol. The van der Waals surface area contributed by atoms with Gasteiger partial charge in [-0.05, 0) is 31.2 Å². The van der Waals surface area contributed by atoms with Crippen LogP contribution in [-0.2, 0) is 9.53 Å². The molecule has 0 fully saturated rings. The van der Waals surface area contributed by atoms with Crippen molar-refractivity contribution < 1.29 is 14.6 Å². The molecule has 0 aliphatic carbocycles. The van der Waals surface area contributed by atoms with E-state index in [9.17, 15) is 4.79 Å². The van der Waals surface area contributed by atoms with Gasteiger partial charge in [0.05, 0.1) is 0 Å². The molecular formula is C12H25NO3. The van der Waals surface area contributed by atoms with E-state index in [0.29, 0.717) is 12.5 Å². The van der Waals surface area contributed by atoms with Gasteiger partial charge in [0.25, 0.3) is 0 Å². The summed E-state index contributed by atoms with van der Waals surface area (Å²) < 4.78 is 5.50. The number of hydrogen-bond donors (Lipinski definition) is 2. The fraction of sp³-hybridized carbons (Fsp3) is 0.917. The highest BCUT2D eigenvalue weighted by molar-refractivity contribution is 5.67. The maximum atomic E-state index is 10.6. The summed E-state index contributed by atoms with van der Waals surface area (Å²) in [4.78, 5) is 10.6. The molecule has 0 aliphatic heterocycles. The van der Waals surface area contributed by atoms with Crippen molar-refractivity contribution in [3.63, 3.8) is 0 Å². The number of carbonyl (C=O) groups is 1. The van der Waals surface area contributed by atoms with Gasteiger partial charge in [0.2, 0.25) is 0 Å². The molecule has 4 nitrogen and oxygen atoms in total. The van der Waals surface area contributed by atoms with Crippen molar-refractivity contribution >= 4 is 5.97 Å². The molecule has 0 rings (SSSR count). The summed E-state index contributed by atoms with van der Waals surface area (Å²) in [6, 6.07) is 0. The summed E-state index contributed by atoms with van der Waals surface area (Å²) in [5, 5.41) is 8.73. The minimum Gasteiger partial charge on any atom is -0.481 e. The predicted molar refractivity (Wildman–Crippen MR) is 64.3 cm³/mol. The molecule has 4 heteroatoms. The van der Waals surface area contributed by atoms with Gasteiger partial charge in [-0.2, -0.15) is 0 Å². The molecule has 2 atom stereocenters. The molecule has 0 saturated carbocycles. The Morgan fingerprint density at radius 1 is 1.38 bits per heavy atom. The highest BCUT2D eigenvalue weighted by Gasteiger charge is 2.17. The Labute approximate surface area is 98.2 Å². The van der Waals surface area contributed by atoms with Crippen LogP contribution in [0, 0.1) is 11.8 Å². The zero-order valence-electron chi connectivity index (χ0n) is 10.4. The molecule has 0 heterocycles. The fourth-order valence-corrected chi connectivity index (χ4v) is 1.73. The van der Waals surface area contributed by atoms with Crippen LogP contribution in [0.3, 0.4) is 0 Å². The Bertz CT molecular complexity index is 185. The lowest BCUT2D eigenvalue weighted by molar-refractivity contribution is -0.138. The van der Waals surface area contributed by atoms with Crippen LogP contribution in [0.25, 0.3) is 0 Å². The number of nitrogens with two attached hydrogens (primary N) is 1. The minimum atomic E-state index is -0.764. The van der Waals surface area contributed by atoms with E-state index < -0.39 is 5.97 Å². The predicted octanol–water partition coefficient (Wildman–Crippen LogP) is 1.88. The van der Waals surface area contributed by atoms with Crippen molar-refractivity contribution in [3.8, 4) is 0 Å². The summed E-state index contributed by atoms with van der Waals surface area (Å²) in [5.74, 6) is -0.257. The quantitative estimate of drug-likeness (QED) is 0.563. The summed E-state index contributed by atoms with van der Waals surface area (Å²) in [6.45, 7) is 6.13. The molecular weight excluding hydrogens is 206 g/mol. The third-order valence-corrected chi connectivity index (χ3v) is 2.74. The van der Waals surface area contributed by atoms with Crippen LogP contribution in [0.5, 0.6) is 0 Å². The highest BCUT2D eigenvalue weighted by atomic mass is 16.5. The number of hydrogen-bond acceptors (Lipinski definition) is 3. The summed E-state index contributed by atoms with van der Waals surface area (Å²) in [6.07, 6.45) is 3.05. The fourth-order valence-electron chi connectivity index (χ4n) is 1.73. The summed E-state index contributed by atoms with van der Waals surface area (Å²) in [7, 11) is 0. The SMILES string of the molecule is CCCOCC(CC)CC(CN)CC(=O)O. The maximum Gasteiger partial charge on any atom is 0.303 e. The molecule has 0 bridgehead atoms. The van der Waals surface area contributed by atoms with Crippen molar-refractivity contribution in [2.75, 3.05) is 19.8 Å². The second kappa shape index (κ2) is 9.60. The Morgan fingerprint density at radius 2 is 2.06 bits per heavy atom. The van der Waals surface area contributed by atoms with Crippen LogP contribution in [0.4, 0.5) is 0 Å². The van der Waals surface area contributed by atoms with Crippen molar-refractivity contribution in [1.82, 2.24) is 0 Å². The Morgan fingerprint density at radius 3 is 2.50 bits per heavy atom. The van der Waals surface area contributed by atoms with Gasteiger partial charge in [-0.1, -0.05) is 20.3 Å². The van der Waals surface area contributed by atoms with E-state index in [1.165, 1.54) is 0 Å². The zero-order valence-corrected chi connectivity index (χ0v) is 10.4. The van der Waals surface area contributed by atoms with E-state index in [1.807, 2.05) is 0 Å². The number of carboxylic acids is 1. The van der Waals surface area contributed by atoms with Crippen LogP contribution in [0.1, 0.15) is 39.5 Å². The molecule has 0 amide bonds. The molecule has 0 aromatic heterocycles. The smallest absolute Gasteiger partial charge is 0.303 e. The lowest BCUT2D eigenvalue weighted by Crippen LogP contribution is -2.23. The van der Waals surface area contributed by atoms with Crippen molar-refractivity contribution in [2.24, 2.45) is 17.6 Å². The monoisotopic (exact) mass is 231 g/mol. The van der Waals surface area contributed by atoms with Gasteiger partial charge in [0.15, 0.2) is 0 Å². The van der Waals surface area contributed by atoms with Gasteiger partial charge < -0.3 is 15.6 Å². The molecule has 3 N–H and O–H groups in total. The number of aliphatic carboxylic acids is 1. The third kappa shape index (κ3) is 7.65. The third-order valence-electron chi connectivity index (χ3n) is 2.74. The van der Waals surface area contributed by atoms with Crippen molar-refractivity contribution in [3.05, 3.63) is 0 Å².